The Morgan fingerprint density at radius 3 is 3.00 bits per heavy atom. The number of nitro groups is 1. The zero-order valence-corrected chi connectivity index (χ0v) is 8.08. The molecule has 0 aromatic heterocycles. The van der Waals surface area contributed by atoms with Crippen molar-refractivity contribution >= 4 is 15.9 Å². The maximum Gasteiger partial charge on any atom is 0.251 e. The lowest BCUT2D eigenvalue weighted by atomic mass is 10.1. The summed E-state index contributed by atoms with van der Waals surface area (Å²) in [5.41, 5.74) is 0. The zero-order chi connectivity index (χ0) is 9.14. The molecule has 66 valence electrons. The third-order valence-electron chi connectivity index (χ3n) is 1.63. The second-order valence-corrected chi connectivity index (χ2v) is 3.21. The molecule has 5 heteroatoms. The van der Waals surface area contributed by atoms with E-state index in [2.05, 4.69) is 15.9 Å². The first kappa shape index (κ1) is 9.25. The van der Waals surface area contributed by atoms with Crippen LogP contribution in [0.2, 0.25) is 0 Å². The summed E-state index contributed by atoms with van der Waals surface area (Å²) in [6.07, 6.45) is 3.88. The number of methoxy groups -OCH3 is 1. The second-order valence-electron chi connectivity index (χ2n) is 2.36. The van der Waals surface area contributed by atoms with Crippen molar-refractivity contribution in [3.8, 4) is 0 Å². The van der Waals surface area contributed by atoms with Gasteiger partial charge in [0.15, 0.2) is 0 Å². The topological polar surface area (TPSA) is 52.4 Å². The monoisotopic (exact) mass is 233 g/mol. The number of halogens is 1. The van der Waals surface area contributed by atoms with Crippen LogP contribution in [0.15, 0.2) is 22.4 Å². The Bertz CT molecular complexity index is 259. The average Bonchev–Trinajstić information content (AvgIpc) is 2.04. The number of hydrogen-bond donors (Lipinski definition) is 0. The van der Waals surface area contributed by atoms with Gasteiger partial charge in [0.05, 0.1) is 7.11 Å². The summed E-state index contributed by atoms with van der Waals surface area (Å²) in [4.78, 5) is 10.2. The molecular formula is C7H8BrNO3. The molecule has 1 rings (SSSR count). The van der Waals surface area contributed by atoms with E-state index in [9.17, 15) is 10.1 Å². The van der Waals surface area contributed by atoms with Crippen molar-refractivity contribution in [2.75, 3.05) is 7.11 Å². The molecule has 0 aromatic carbocycles. The third kappa shape index (κ3) is 1.66. The molecule has 0 radical (unpaired) electrons. The van der Waals surface area contributed by atoms with Crippen LogP contribution in [-0.4, -0.2) is 18.1 Å². The third-order valence-corrected chi connectivity index (χ3v) is 2.55. The molecule has 0 spiro atoms. The predicted octanol–water partition coefficient (Wildman–Crippen LogP) is 1.84. The molecule has 0 saturated carbocycles. The predicted molar refractivity (Wildman–Crippen MR) is 47.5 cm³/mol. The van der Waals surface area contributed by atoms with E-state index in [1.807, 2.05) is 0 Å². The number of rotatable bonds is 2. The molecule has 1 atom stereocenters. The first-order valence-corrected chi connectivity index (χ1v) is 4.19. The van der Waals surface area contributed by atoms with Crippen LogP contribution in [0.5, 0.6) is 0 Å². The Morgan fingerprint density at radius 2 is 2.50 bits per heavy atom. The molecule has 0 aromatic rings. The van der Waals surface area contributed by atoms with Crippen LogP contribution < -0.4 is 0 Å². The Hall–Kier alpha value is -0.840. The molecular weight excluding hydrogens is 226 g/mol. The molecule has 0 aliphatic heterocycles. The van der Waals surface area contributed by atoms with Gasteiger partial charge in [-0.1, -0.05) is 6.08 Å². The van der Waals surface area contributed by atoms with Gasteiger partial charge in [0.1, 0.15) is 10.2 Å². The standard InChI is InChI=1S/C7H8BrNO3/c1-12-6-4-2-3-5(7(6)8)9(10)11/h2,4-5H,3H2,1H3. The highest BCUT2D eigenvalue weighted by atomic mass is 79.9. The van der Waals surface area contributed by atoms with Crippen molar-refractivity contribution in [3.05, 3.63) is 32.5 Å². The van der Waals surface area contributed by atoms with E-state index >= 15 is 0 Å². The van der Waals surface area contributed by atoms with Crippen LogP contribution in [0.4, 0.5) is 0 Å². The molecule has 0 amide bonds. The summed E-state index contributed by atoms with van der Waals surface area (Å²) < 4.78 is 5.44. The minimum Gasteiger partial charge on any atom is -0.496 e. The van der Waals surface area contributed by atoms with E-state index in [4.69, 9.17) is 4.74 Å². The van der Waals surface area contributed by atoms with Crippen LogP contribution >= 0.6 is 15.9 Å². The van der Waals surface area contributed by atoms with E-state index in [1.54, 1.807) is 12.2 Å². The molecule has 0 heterocycles. The Balaban J connectivity index is 2.91. The highest BCUT2D eigenvalue weighted by Gasteiger charge is 2.27. The van der Waals surface area contributed by atoms with E-state index in [-0.39, 0.29) is 4.92 Å². The fraction of sp³-hybridized carbons (Fsp3) is 0.429. The largest absolute Gasteiger partial charge is 0.496 e. The molecule has 12 heavy (non-hydrogen) atoms. The summed E-state index contributed by atoms with van der Waals surface area (Å²) in [6, 6.07) is -0.690. The van der Waals surface area contributed by atoms with E-state index in [1.165, 1.54) is 7.11 Å². The van der Waals surface area contributed by atoms with E-state index in [0.29, 0.717) is 16.7 Å². The van der Waals surface area contributed by atoms with Gasteiger partial charge in [-0.05, 0) is 22.0 Å². The number of allylic oxidation sites excluding steroid dienone is 1. The highest BCUT2D eigenvalue weighted by molar-refractivity contribution is 9.11. The van der Waals surface area contributed by atoms with Gasteiger partial charge in [-0.15, -0.1) is 0 Å². The fourth-order valence-corrected chi connectivity index (χ4v) is 1.64. The quantitative estimate of drug-likeness (QED) is 0.541. The summed E-state index contributed by atoms with van der Waals surface area (Å²) in [7, 11) is 1.49. The molecule has 1 aliphatic carbocycles. The number of hydrogen-bond acceptors (Lipinski definition) is 3. The summed E-state index contributed by atoms with van der Waals surface area (Å²) in [6.45, 7) is 0. The number of ether oxygens (including phenoxy) is 1. The summed E-state index contributed by atoms with van der Waals surface area (Å²) in [5.74, 6) is 0.531. The maximum atomic E-state index is 10.5. The fourth-order valence-electron chi connectivity index (χ4n) is 0.995. The SMILES string of the molecule is COC1=C(Br)C([N+](=O)[O-])CC=C1. The van der Waals surface area contributed by atoms with Crippen LogP contribution in [0.25, 0.3) is 0 Å². The smallest absolute Gasteiger partial charge is 0.251 e. The van der Waals surface area contributed by atoms with Crippen molar-refractivity contribution in [2.45, 2.75) is 12.5 Å². The molecule has 0 bridgehead atoms. The minimum absolute atomic E-state index is 0.327. The van der Waals surface area contributed by atoms with Gasteiger partial charge in [0, 0.05) is 11.3 Å². The zero-order valence-electron chi connectivity index (χ0n) is 6.49. The van der Waals surface area contributed by atoms with E-state index in [0.717, 1.165) is 0 Å². The normalized spacial score (nSPS) is 22.7. The van der Waals surface area contributed by atoms with Crippen LogP contribution in [0.3, 0.4) is 0 Å². The van der Waals surface area contributed by atoms with E-state index < -0.39 is 6.04 Å². The van der Waals surface area contributed by atoms with Crippen LogP contribution in [-0.2, 0) is 4.74 Å². The summed E-state index contributed by atoms with van der Waals surface area (Å²) >= 11 is 3.14. The van der Waals surface area contributed by atoms with Gasteiger partial charge >= 0.3 is 0 Å². The Morgan fingerprint density at radius 1 is 1.83 bits per heavy atom. The van der Waals surface area contributed by atoms with Crippen LogP contribution in [0.1, 0.15) is 6.42 Å². The maximum absolute atomic E-state index is 10.5. The first-order chi connectivity index (χ1) is 5.66. The van der Waals surface area contributed by atoms with Crippen molar-refractivity contribution in [1.29, 1.82) is 0 Å². The summed E-state index contributed by atoms with van der Waals surface area (Å²) in [5, 5.41) is 10.5. The molecule has 0 fully saturated rings. The molecule has 0 saturated heterocycles. The lowest BCUT2D eigenvalue weighted by molar-refractivity contribution is -0.509. The van der Waals surface area contributed by atoms with Gasteiger partial charge in [0.2, 0.25) is 0 Å². The van der Waals surface area contributed by atoms with Crippen molar-refractivity contribution < 1.29 is 9.66 Å². The van der Waals surface area contributed by atoms with Crippen molar-refractivity contribution in [1.82, 2.24) is 0 Å². The lowest BCUT2D eigenvalue weighted by Gasteiger charge is -2.13. The molecule has 1 unspecified atom stereocenters. The molecule has 0 N–H and O–H groups in total. The Kier molecular flexibility index (Phi) is 2.86. The highest BCUT2D eigenvalue weighted by Crippen LogP contribution is 2.26. The second kappa shape index (κ2) is 3.71. The number of nitrogens with zero attached hydrogens (tertiary/aromatic N) is 1. The van der Waals surface area contributed by atoms with Gasteiger partial charge in [0.25, 0.3) is 6.04 Å². The van der Waals surface area contributed by atoms with Crippen molar-refractivity contribution in [3.63, 3.8) is 0 Å². The molecule has 4 nitrogen and oxygen atoms in total. The van der Waals surface area contributed by atoms with Crippen molar-refractivity contribution in [2.24, 2.45) is 0 Å². The van der Waals surface area contributed by atoms with Gasteiger partial charge in [-0.2, -0.15) is 0 Å². The Labute approximate surface area is 78.2 Å². The van der Waals surface area contributed by atoms with Gasteiger partial charge in [-0.3, -0.25) is 10.1 Å². The van der Waals surface area contributed by atoms with Crippen LogP contribution in [0, 0.1) is 10.1 Å². The van der Waals surface area contributed by atoms with Gasteiger partial charge in [-0.25, -0.2) is 0 Å². The molecule has 1 aliphatic rings. The average molecular weight is 234 g/mol. The first-order valence-electron chi connectivity index (χ1n) is 3.40. The van der Waals surface area contributed by atoms with Gasteiger partial charge < -0.3 is 4.74 Å². The lowest BCUT2D eigenvalue weighted by Crippen LogP contribution is -2.21. The minimum atomic E-state index is -0.690.